The Morgan fingerprint density at radius 1 is 0.938 bits per heavy atom. The maximum Gasteiger partial charge on any atom is 0.126 e. The van der Waals surface area contributed by atoms with Gasteiger partial charge >= 0.3 is 0 Å². The molecule has 4 fully saturated rings. The minimum absolute atomic E-state index is 0.538. The summed E-state index contributed by atoms with van der Waals surface area (Å²) in [5.41, 5.74) is 4.51. The lowest BCUT2D eigenvalue weighted by Gasteiger charge is -2.51. The van der Waals surface area contributed by atoms with Crippen LogP contribution in [-0.2, 0) is 16.0 Å². The van der Waals surface area contributed by atoms with Crippen LogP contribution in [0.3, 0.4) is 0 Å². The van der Waals surface area contributed by atoms with Gasteiger partial charge in [0, 0.05) is 11.6 Å². The van der Waals surface area contributed by atoms with Crippen molar-refractivity contribution in [1.82, 2.24) is 0 Å². The molecular weight excluding hydrogens is 422 g/mol. The summed E-state index contributed by atoms with van der Waals surface area (Å²) in [6.07, 6.45) is 6.42. The lowest BCUT2D eigenvalue weighted by Crippen LogP contribution is -2.40. The van der Waals surface area contributed by atoms with Crippen molar-refractivity contribution in [2.75, 3.05) is 18.5 Å². The monoisotopic (exact) mass is 452 g/mol. The molecule has 6 heteroatoms. The first kappa shape index (κ1) is 21.5. The molecule has 1 unspecified atom stereocenters. The zero-order valence-electron chi connectivity index (χ0n) is 18.9. The van der Waals surface area contributed by atoms with Gasteiger partial charge < -0.3 is 14.0 Å². The molecule has 0 spiro atoms. The van der Waals surface area contributed by atoms with Crippen molar-refractivity contribution in [2.45, 2.75) is 39.0 Å². The van der Waals surface area contributed by atoms with Gasteiger partial charge in [-0.05, 0) is 92.5 Å². The minimum Gasteiger partial charge on any atom is -0.755 e. The second-order valence-corrected chi connectivity index (χ2v) is 10.4. The van der Waals surface area contributed by atoms with E-state index in [2.05, 4.69) is 0 Å². The van der Waals surface area contributed by atoms with Gasteiger partial charge in [0.05, 0.1) is 36.9 Å². The number of anilines is 2. The van der Waals surface area contributed by atoms with Crippen LogP contribution in [0.15, 0.2) is 48.0 Å². The Bertz CT molecular complexity index is 1030. The van der Waals surface area contributed by atoms with Gasteiger partial charge in [0.15, 0.2) is 0 Å². The largest absolute Gasteiger partial charge is 0.755 e. The van der Waals surface area contributed by atoms with Crippen molar-refractivity contribution < 1.29 is 18.2 Å². The summed E-state index contributed by atoms with van der Waals surface area (Å²) >= 11 is -2.48. The highest BCUT2D eigenvalue weighted by Gasteiger charge is 2.46. The van der Waals surface area contributed by atoms with Crippen molar-refractivity contribution in [3.8, 4) is 5.75 Å². The molecule has 6 rings (SSSR count). The van der Waals surface area contributed by atoms with Gasteiger partial charge in [-0.25, -0.2) is 0 Å². The van der Waals surface area contributed by atoms with E-state index in [-0.39, 0.29) is 0 Å². The Morgan fingerprint density at radius 2 is 1.56 bits per heavy atom. The van der Waals surface area contributed by atoms with E-state index < -0.39 is 11.3 Å². The third-order valence-corrected chi connectivity index (χ3v) is 8.25. The highest BCUT2D eigenvalue weighted by Crippen LogP contribution is 2.58. The normalized spacial score (nSPS) is 26.7. The molecular formula is C26H30NO4S-. The van der Waals surface area contributed by atoms with E-state index in [1.807, 2.05) is 43.3 Å². The van der Waals surface area contributed by atoms with E-state index in [4.69, 9.17) is 9.47 Å². The van der Waals surface area contributed by atoms with E-state index in [1.54, 1.807) is 20.3 Å². The summed E-state index contributed by atoms with van der Waals surface area (Å²) < 4.78 is 37.5. The van der Waals surface area contributed by atoms with Gasteiger partial charge in [-0.2, -0.15) is 0 Å². The third-order valence-electron chi connectivity index (χ3n) is 7.53. The molecule has 4 saturated carbocycles. The number of aryl methyl sites for hydroxylation is 1. The first-order valence-corrected chi connectivity index (χ1v) is 12.4. The fraction of sp³-hybridized carbons (Fsp3) is 0.462. The van der Waals surface area contributed by atoms with E-state index >= 15 is 0 Å². The van der Waals surface area contributed by atoms with Crippen LogP contribution in [0, 0.1) is 30.6 Å². The smallest absolute Gasteiger partial charge is 0.126 e. The van der Waals surface area contributed by atoms with Gasteiger partial charge in [0.1, 0.15) is 11.5 Å². The second kappa shape index (κ2) is 8.56. The highest BCUT2D eigenvalue weighted by molar-refractivity contribution is 7.81. The topological polar surface area (TPSA) is 61.8 Å². The van der Waals surface area contributed by atoms with Crippen LogP contribution in [0.1, 0.15) is 43.2 Å². The van der Waals surface area contributed by atoms with E-state index in [0.717, 1.165) is 28.7 Å². The summed E-state index contributed by atoms with van der Waals surface area (Å²) in [5.74, 6) is 4.40. The third kappa shape index (κ3) is 3.84. The maximum absolute atomic E-state index is 12.3. The molecule has 0 saturated heterocycles. The zero-order valence-corrected chi connectivity index (χ0v) is 19.7. The number of rotatable bonds is 6. The van der Waals surface area contributed by atoms with Gasteiger partial charge in [0.2, 0.25) is 0 Å². The molecule has 5 nitrogen and oxygen atoms in total. The van der Waals surface area contributed by atoms with Crippen LogP contribution in [0.5, 0.6) is 5.75 Å². The fourth-order valence-corrected chi connectivity index (χ4v) is 6.99. The summed E-state index contributed by atoms with van der Waals surface area (Å²) in [6.45, 7) is 1.98. The van der Waals surface area contributed by atoms with Crippen LogP contribution < -0.4 is 9.04 Å². The molecule has 0 aromatic heterocycles. The molecule has 2 aromatic carbocycles. The van der Waals surface area contributed by atoms with Gasteiger partial charge in [-0.1, -0.05) is 17.7 Å². The quantitative estimate of drug-likeness (QED) is 0.414. The molecule has 1 atom stereocenters. The summed E-state index contributed by atoms with van der Waals surface area (Å²) in [5, 5.41) is 0. The van der Waals surface area contributed by atoms with E-state index in [9.17, 15) is 8.76 Å². The number of allylic oxidation sites excluding steroid dienone is 1. The molecule has 170 valence electrons. The Kier molecular flexibility index (Phi) is 5.76. The van der Waals surface area contributed by atoms with Gasteiger partial charge in [0.25, 0.3) is 0 Å². The summed E-state index contributed by atoms with van der Waals surface area (Å²) in [6, 6.07) is 13.1. The fourth-order valence-electron chi connectivity index (χ4n) is 6.42. The average molecular weight is 453 g/mol. The number of nitrogens with zero attached hydrogens (tertiary/aromatic N) is 1. The molecule has 32 heavy (non-hydrogen) atoms. The number of methoxy groups -OCH3 is 2. The number of ether oxygens (including phenoxy) is 2. The number of hydrogen-bond acceptors (Lipinski definition) is 4. The van der Waals surface area contributed by atoms with Crippen molar-refractivity contribution >= 4 is 28.4 Å². The summed E-state index contributed by atoms with van der Waals surface area (Å²) in [7, 11) is 3.34. The second-order valence-electron chi connectivity index (χ2n) is 9.56. The van der Waals surface area contributed by atoms with Crippen LogP contribution in [0.25, 0.3) is 5.76 Å². The molecule has 2 aromatic rings. The molecule has 4 bridgehead atoms. The average Bonchev–Trinajstić information content (AvgIpc) is 2.76. The number of hydrogen-bond donors (Lipinski definition) is 0. The van der Waals surface area contributed by atoms with E-state index in [0.29, 0.717) is 29.0 Å². The predicted octanol–water partition coefficient (Wildman–Crippen LogP) is 5.75. The standard InChI is InChI=1S/C26H31NO4S/c1-16-4-6-22(7-5-16)27(32(28)29)23-13-21(14-24(15-23)30-2)26(31-3)25-19-9-17-8-18(11-19)12-20(25)10-17/h4-7,13-15,17-20H,8-12H2,1-3H3,(H,28,29)/p-1. The molecule has 4 aliphatic carbocycles. The Labute approximate surface area is 192 Å². The molecule has 4 aliphatic rings. The van der Waals surface area contributed by atoms with Crippen molar-refractivity contribution in [2.24, 2.45) is 23.7 Å². The van der Waals surface area contributed by atoms with Crippen molar-refractivity contribution in [3.05, 3.63) is 59.2 Å². The first-order valence-electron chi connectivity index (χ1n) is 11.4. The van der Waals surface area contributed by atoms with Gasteiger partial charge in [-0.3, -0.25) is 8.51 Å². The molecule has 0 N–H and O–H groups in total. The van der Waals surface area contributed by atoms with Gasteiger partial charge in [-0.15, -0.1) is 0 Å². The Balaban J connectivity index is 1.61. The SMILES string of the molecule is COC(=C1C2CC3CC(C2)CC1C3)c1cc(OC)cc(N(c2ccc(C)cc2)S(=O)[O-])c1. The molecule has 0 aliphatic heterocycles. The van der Waals surface area contributed by atoms with Crippen LogP contribution in [0.4, 0.5) is 11.4 Å². The van der Waals surface area contributed by atoms with Crippen LogP contribution >= 0.6 is 0 Å². The van der Waals surface area contributed by atoms with Crippen LogP contribution in [-0.4, -0.2) is 23.0 Å². The van der Waals surface area contributed by atoms with Crippen molar-refractivity contribution in [1.29, 1.82) is 0 Å². The minimum atomic E-state index is -2.48. The molecule has 0 radical (unpaired) electrons. The molecule has 0 heterocycles. The highest BCUT2D eigenvalue weighted by atomic mass is 32.2. The van der Waals surface area contributed by atoms with Crippen LogP contribution in [0.2, 0.25) is 0 Å². The van der Waals surface area contributed by atoms with E-state index in [1.165, 1.54) is 42.0 Å². The first-order chi connectivity index (χ1) is 15.5. The predicted molar refractivity (Wildman–Crippen MR) is 126 cm³/mol. The maximum atomic E-state index is 12.3. The Hall–Kier alpha value is -2.31. The lowest BCUT2D eigenvalue weighted by atomic mass is 9.54. The molecule has 0 amide bonds. The lowest BCUT2D eigenvalue weighted by molar-refractivity contribution is 0.0675. The number of benzene rings is 2. The Morgan fingerprint density at radius 3 is 2.09 bits per heavy atom. The van der Waals surface area contributed by atoms with Crippen molar-refractivity contribution in [3.63, 3.8) is 0 Å². The summed E-state index contributed by atoms with van der Waals surface area (Å²) in [4.78, 5) is 0. The zero-order chi connectivity index (χ0) is 22.4.